The predicted molar refractivity (Wildman–Crippen MR) is 84.8 cm³/mol. The Morgan fingerprint density at radius 2 is 1.57 bits per heavy atom. The molecule has 0 amide bonds. The van der Waals surface area contributed by atoms with Gasteiger partial charge in [-0.2, -0.15) is 0 Å². The Labute approximate surface area is 129 Å². The van der Waals surface area contributed by atoms with Crippen LogP contribution in [-0.2, 0) is 9.53 Å². The topological polar surface area (TPSA) is 26.3 Å². The van der Waals surface area contributed by atoms with Gasteiger partial charge in [-0.1, -0.05) is 27.4 Å². The maximum atomic E-state index is 12.3. The summed E-state index contributed by atoms with van der Waals surface area (Å²) in [7, 11) is 0. The quantitative estimate of drug-likeness (QED) is 0.554. The van der Waals surface area contributed by atoms with Crippen LogP contribution in [0.1, 0.15) is 66.2 Å². The van der Waals surface area contributed by atoms with Crippen LogP contribution in [0.3, 0.4) is 0 Å². The largest absolute Gasteiger partial charge is 0.455 e. The summed E-state index contributed by atoms with van der Waals surface area (Å²) in [6, 6.07) is 0. The van der Waals surface area contributed by atoms with Crippen LogP contribution in [0.5, 0.6) is 0 Å². The summed E-state index contributed by atoms with van der Waals surface area (Å²) in [5.41, 5.74) is 0.504. The monoisotopic (exact) mass is 290 g/mol. The smallest absolute Gasteiger partial charge is 0.333 e. The molecule has 0 heterocycles. The molecule has 4 bridgehead atoms. The first-order chi connectivity index (χ1) is 9.69. The molecular weight excluding hydrogens is 260 g/mol. The van der Waals surface area contributed by atoms with Crippen LogP contribution in [0.2, 0.25) is 0 Å². The minimum absolute atomic E-state index is 0.174. The molecule has 2 nitrogen and oxygen atoms in total. The van der Waals surface area contributed by atoms with E-state index in [0.717, 1.165) is 18.3 Å². The van der Waals surface area contributed by atoms with Gasteiger partial charge in [0, 0.05) is 5.57 Å². The fourth-order valence-corrected chi connectivity index (χ4v) is 5.56. The van der Waals surface area contributed by atoms with E-state index in [9.17, 15) is 4.79 Å². The molecule has 4 rings (SSSR count). The van der Waals surface area contributed by atoms with Crippen molar-refractivity contribution in [3.05, 3.63) is 12.2 Å². The highest BCUT2D eigenvalue weighted by Gasteiger charge is 2.60. The molecule has 0 aliphatic heterocycles. The standard InChI is InChI=1S/C19H30O2/c1-12(2)17(20)21-19(11-18(3,4)5)15-7-13-6-14(9-15)10-16(19)8-13/h13-16H,1,6-11H2,2-5H3. The molecule has 4 saturated carbocycles. The highest BCUT2D eigenvalue weighted by atomic mass is 16.6. The van der Waals surface area contributed by atoms with Crippen LogP contribution < -0.4 is 0 Å². The van der Waals surface area contributed by atoms with Gasteiger partial charge in [0.15, 0.2) is 0 Å². The van der Waals surface area contributed by atoms with Gasteiger partial charge in [-0.25, -0.2) is 4.79 Å². The number of ether oxygens (including phenoxy) is 1. The molecule has 0 saturated heterocycles. The minimum atomic E-state index is -0.221. The molecule has 2 heteroatoms. The van der Waals surface area contributed by atoms with E-state index >= 15 is 0 Å². The molecule has 0 radical (unpaired) electrons. The van der Waals surface area contributed by atoms with Gasteiger partial charge in [0.1, 0.15) is 5.60 Å². The molecule has 4 aliphatic carbocycles. The Kier molecular flexibility index (Phi) is 3.50. The second kappa shape index (κ2) is 4.86. The van der Waals surface area contributed by atoms with E-state index in [1.54, 1.807) is 6.92 Å². The summed E-state index contributed by atoms with van der Waals surface area (Å²) < 4.78 is 6.21. The number of rotatable bonds is 3. The van der Waals surface area contributed by atoms with E-state index in [2.05, 4.69) is 27.4 Å². The van der Waals surface area contributed by atoms with Crippen molar-refractivity contribution in [1.29, 1.82) is 0 Å². The molecule has 0 aromatic carbocycles. The van der Waals surface area contributed by atoms with E-state index in [4.69, 9.17) is 4.74 Å². The van der Waals surface area contributed by atoms with Crippen LogP contribution in [0.15, 0.2) is 12.2 Å². The number of hydrogen-bond acceptors (Lipinski definition) is 2. The van der Waals surface area contributed by atoms with Crippen molar-refractivity contribution >= 4 is 5.97 Å². The van der Waals surface area contributed by atoms with Gasteiger partial charge >= 0.3 is 5.97 Å². The van der Waals surface area contributed by atoms with Crippen molar-refractivity contribution in [2.24, 2.45) is 29.1 Å². The second-order valence-electron chi connectivity index (χ2n) is 9.17. The Hall–Kier alpha value is -0.790. The zero-order valence-corrected chi connectivity index (χ0v) is 14.1. The molecule has 4 aliphatic rings. The van der Waals surface area contributed by atoms with E-state index < -0.39 is 0 Å². The normalized spacial score (nSPS) is 41.1. The zero-order valence-electron chi connectivity index (χ0n) is 14.1. The molecule has 0 unspecified atom stereocenters. The van der Waals surface area contributed by atoms with E-state index in [-0.39, 0.29) is 17.0 Å². The number of hydrogen-bond donors (Lipinski definition) is 0. The molecule has 0 N–H and O–H groups in total. The third kappa shape index (κ3) is 2.66. The third-order valence-corrected chi connectivity index (χ3v) is 5.96. The summed E-state index contributed by atoms with van der Waals surface area (Å²) in [6.45, 7) is 12.4. The van der Waals surface area contributed by atoms with Gasteiger partial charge in [-0.15, -0.1) is 0 Å². The summed E-state index contributed by atoms with van der Waals surface area (Å²) >= 11 is 0. The van der Waals surface area contributed by atoms with Crippen LogP contribution in [0.25, 0.3) is 0 Å². The van der Waals surface area contributed by atoms with Crippen LogP contribution in [-0.4, -0.2) is 11.6 Å². The molecule has 0 atom stereocenters. The lowest BCUT2D eigenvalue weighted by atomic mass is 9.48. The van der Waals surface area contributed by atoms with E-state index in [1.807, 2.05) is 0 Å². The molecule has 0 aromatic rings. The third-order valence-electron chi connectivity index (χ3n) is 5.96. The van der Waals surface area contributed by atoms with Gasteiger partial charge in [0.25, 0.3) is 0 Å². The maximum absolute atomic E-state index is 12.3. The predicted octanol–water partition coefficient (Wildman–Crippen LogP) is 4.74. The van der Waals surface area contributed by atoms with E-state index in [0.29, 0.717) is 17.4 Å². The Bertz CT molecular complexity index is 427. The van der Waals surface area contributed by atoms with Crippen molar-refractivity contribution in [1.82, 2.24) is 0 Å². The molecule has 4 fully saturated rings. The van der Waals surface area contributed by atoms with Gasteiger partial charge in [-0.05, 0) is 74.5 Å². The van der Waals surface area contributed by atoms with Crippen molar-refractivity contribution < 1.29 is 9.53 Å². The Morgan fingerprint density at radius 3 is 1.95 bits per heavy atom. The van der Waals surface area contributed by atoms with Crippen LogP contribution in [0, 0.1) is 29.1 Å². The van der Waals surface area contributed by atoms with Crippen molar-refractivity contribution in [3.8, 4) is 0 Å². The molecule has 0 aromatic heterocycles. The first-order valence-electron chi connectivity index (χ1n) is 8.58. The van der Waals surface area contributed by atoms with Gasteiger partial charge in [-0.3, -0.25) is 0 Å². The highest BCUT2D eigenvalue weighted by Crippen LogP contribution is 2.62. The highest BCUT2D eigenvalue weighted by molar-refractivity contribution is 5.87. The maximum Gasteiger partial charge on any atom is 0.333 e. The summed E-state index contributed by atoms with van der Waals surface area (Å²) in [4.78, 5) is 12.3. The fraction of sp³-hybridized carbons (Fsp3) is 0.842. The first kappa shape index (κ1) is 15.1. The Morgan fingerprint density at radius 1 is 1.10 bits per heavy atom. The summed E-state index contributed by atoms with van der Waals surface area (Å²) in [5, 5.41) is 0. The molecule has 21 heavy (non-hydrogen) atoms. The average molecular weight is 290 g/mol. The SMILES string of the molecule is C=C(C)C(=O)OC1(CC(C)(C)C)C2CC3CC(C2)CC1C3. The summed E-state index contributed by atoms with van der Waals surface area (Å²) in [5.74, 6) is 2.77. The first-order valence-corrected chi connectivity index (χ1v) is 8.58. The number of carbonyl (C=O) groups is 1. The lowest BCUT2D eigenvalue weighted by Gasteiger charge is -2.61. The number of esters is 1. The number of carbonyl (C=O) groups excluding carboxylic acids is 1. The zero-order chi connectivity index (χ0) is 15.4. The van der Waals surface area contributed by atoms with E-state index in [1.165, 1.54) is 32.1 Å². The van der Waals surface area contributed by atoms with Gasteiger partial charge < -0.3 is 4.74 Å². The van der Waals surface area contributed by atoms with Gasteiger partial charge in [0.2, 0.25) is 0 Å². The van der Waals surface area contributed by atoms with Crippen LogP contribution in [0.4, 0.5) is 0 Å². The average Bonchev–Trinajstić information content (AvgIpc) is 2.32. The van der Waals surface area contributed by atoms with Crippen molar-refractivity contribution in [2.45, 2.75) is 71.8 Å². The van der Waals surface area contributed by atoms with Crippen molar-refractivity contribution in [3.63, 3.8) is 0 Å². The van der Waals surface area contributed by atoms with Crippen LogP contribution >= 0.6 is 0 Å². The molecule has 118 valence electrons. The van der Waals surface area contributed by atoms with Gasteiger partial charge in [0.05, 0.1) is 0 Å². The van der Waals surface area contributed by atoms with Crippen molar-refractivity contribution in [2.75, 3.05) is 0 Å². The second-order valence-corrected chi connectivity index (χ2v) is 9.17. The summed E-state index contributed by atoms with van der Waals surface area (Å²) in [6.07, 6.45) is 7.50. The molecule has 0 spiro atoms. The fourth-order valence-electron chi connectivity index (χ4n) is 5.56. The lowest BCUT2D eigenvalue weighted by Crippen LogP contribution is -2.60. The lowest BCUT2D eigenvalue weighted by molar-refractivity contribution is -0.215. The Balaban J connectivity index is 1.92. The molecular formula is C19H30O2. The minimum Gasteiger partial charge on any atom is -0.455 e.